The molecule has 1 fully saturated rings. The third-order valence-electron chi connectivity index (χ3n) is 10.4. The molecule has 2 aliphatic carbocycles. The van der Waals surface area contributed by atoms with Gasteiger partial charge in [-0.05, 0) is 106 Å². The van der Waals surface area contributed by atoms with Gasteiger partial charge in [-0.15, -0.1) is 30.1 Å². The first-order valence-corrected chi connectivity index (χ1v) is 21.4. The average molecular weight is 772 g/mol. The molecule has 6 atom stereocenters. The smallest absolute Gasteiger partial charge is 0.231 e. The molecule has 1 heterocycles. The Morgan fingerprint density at radius 1 is 0.926 bits per heavy atom. The first-order chi connectivity index (χ1) is 26.3. The van der Waals surface area contributed by atoms with Crippen molar-refractivity contribution in [2.75, 3.05) is 32.2 Å². The van der Waals surface area contributed by atoms with Crippen molar-refractivity contribution in [1.29, 1.82) is 0 Å². The molecule has 0 amide bonds. The average Bonchev–Trinajstić information content (AvgIpc) is 3.17. The van der Waals surface area contributed by atoms with E-state index in [1.807, 2.05) is 45.0 Å². The van der Waals surface area contributed by atoms with Gasteiger partial charge in [0.2, 0.25) is 5.79 Å². The molecule has 0 aromatic heterocycles. The number of benzene rings is 3. The summed E-state index contributed by atoms with van der Waals surface area (Å²) < 4.78 is 20.8. The maximum absolute atomic E-state index is 9.90. The third kappa shape index (κ3) is 9.77. The summed E-state index contributed by atoms with van der Waals surface area (Å²) in [5.41, 5.74) is 2.72. The molecule has 7 nitrogen and oxygen atoms in total. The fraction of sp³-hybridized carbons (Fsp3) is 0.489. The van der Waals surface area contributed by atoms with Crippen LogP contribution in [0.15, 0.2) is 118 Å². The number of nitrogens with zero attached hydrogens (tertiary/aromatic N) is 1. The van der Waals surface area contributed by atoms with Crippen LogP contribution >= 0.6 is 23.5 Å². The van der Waals surface area contributed by atoms with Gasteiger partial charge in [0.05, 0.1) is 30.1 Å². The second kappa shape index (κ2) is 19.1. The molecule has 3 aliphatic rings. The van der Waals surface area contributed by atoms with E-state index in [0.717, 1.165) is 77.5 Å². The topological polar surface area (TPSA) is 89.7 Å². The number of thioether (sulfide) groups is 2. The Labute approximate surface area is 330 Å². The highest BCUT2D eigenvalue weighted by atomic mass is 32.2. The van der Waals surface area contributed by atoms with E-state index < -0.39 is 11.4 Å². The number of aliphatic hydroxyl groups is 2. The summed E-state index contributed by atoms with van der Waals surface area (Å²) in [5, 5.41) is 24.5. The molecule has 1 aliphatic heterocycles. The Kier molecular flexibility index (Phi) is 14.3. The highest BCUT2D eigenvalue weighted by Crippen LogP contribution is 2.63. The summed E-state index contributed by atoms with van der Waals surface area (Å²) in [6.45, 7) is 11.4. The van der Waals surface area contributed by atoms with Crippen molar-refractivity contribution in [3.8, 4) is 11.5 Å². The lowest BCUT2D eigenvalue weighted by Gasteiger charge is -2.58. The van der Waals surface area contributed by atoms with Crippen LogP contribution in [0.3, 0.4) is 0 Å². The standard InChI is InChI=1S/C45H57NO6S2/c1-5-26-50-45-41(54-35-19-10-7-11-20-35)31-39(46-52-44(2,3)4)37-29-32(16-12-14-24-47)36(21-13-15-25-48)42(43(37)45)38-30-33(22-23-40(38)51-45)49-27-28-53-34-17-8-6-9-18-34/h5-11,17-20,22-23,29-30,32,36,41-43,47-48H,1,12-16,21,24-28,31H2,2-4H3/t32-,36+,41-,42+,43+,45+/m0/s1. The normalized spacial score (nSPS) is 25.2. The van der Waals surface area contributed by atoms with E-state index in [-0.39, 0.29) is 42.1 Å². The van der Waals surface area contributed by atoms with Gasteiger partial charge in [-0.2, -0.15) is 0 Å². The van der Waals surface area contributed by atoms with E-state index >= 15 is 0 Å². The molecule has 0 radical (unpaired) electrons. The minimum Gasteiger partial charge on any atom is -0.493 e. The Morgan fingerprint density at radius 3 is 2.31 bits per heavy atom. The lowest BCUT2D eigenvalue weighted by Crippen LogP contribution is -2.64. The molecule has 6 rings (SSSR count). The van der Waals surface area contributed by atoms with E-state index in [9.17, 15) is 10.2 Å². The highest BCUT2D eigenvalue weighted by Gasteiger charge is 2.64. The fourth-order valence-corrected chi connectivity index (χ4v) is 10.3. The van der Waals surface area contributed by atoms with Crippen LogP contribution in [0.2, 0.25) is 0 Å². The van der Waals surface area contributed by atoms with Gasteiger partial charge in [0.25, 0.3) is 0 Å². The zero-order chi connectivity index (χ0) is 38.0. The minimum atomic E-state index is -1.03. The zero-order valence-electron chi connectivity index (χ0n) is 32.0. The minimum absolute atomic E-state index is 0.0117. The van der Waals surface area contributed by atoms with Gasteiger partial charge in [-0.3, -0.25) is 0 Å². The third-order valence-corrected chi connectivity index (χ3v) is 12.7. The summed E-state index contributed by atoms with van der Waals surface area (Å²) in [6.07, 6.45) is 10.1. The van der Waals surface area contributed by atoms with Crippen LogP contribution in [0.25, 0.3) is 0 Å². The molecule has 3 aromatic carbocycles. The van der Waals surface area contributed by atoms with Crippen molar-refractivity contribution in [3.63, 3.8) is 0 Å². The number of rotatable bonds is 19. The van der Waals surface area contributed by atoms with Gasteiger partial charge < -0.3 is 29.3 Å². The molecule has 0 bridgehead atoms. The molecule has 0 unspecified atom stereocenters. The number of aliphatic hydroxyl groups excluding tert-OH is 2. The molecule has 1 saturated carbocycles. The molecule has 3 aromatic rings. The largest absolute Gasteiger partial charge is 0.493 e. The van der Waals surface area contributed by atoms with E-state index in [1.165, 1.54) is 4.90 Å². The van der Waals surface area contributed by atoms with Crippen molar-refractivity contribution in [2.45, 2.75) is 98.1 Å². The Balaban J connectivity index is 1.48. The number of hydrogen-bond acceptors (Lipinski definition) is 9. The van der Waals surface area contributed by atoms with Crippen LogP contribution in [0.4, 0.5) is 0 Å². The van der Waals surface area contributed by atoms with Crippen molar-refractivity contribution in [2.24, 2.45) is 22.9 Å². The number of hydrogen-bond donors (Lipinski definition) is 2. The lowest BCUT2D eigenvalue weighted by molar-refractivity contribution is -0.223. The van der Waals surface area contributed by atoms with Crippen molar-refractivity contribution >= 4 is 29.2 Å². The molecule has 0 spiro atoms. The van der Waals surface area contributed by atoms with Crippen LogP contribution in [0.1, 0.15) is 77.2 Å². The van der Waals surface area contributed by atoms with Gasteiger partial charge in [0.15, 0.2) is 0 Å². The first kappa shape index (κ1) is 40.5. The van der Waals surface area contributed by atoms with E-state index in [1.54, 1.807) is 23.5 Å². The summed E-state index contributed by atoms with van der Waals surface area (Å²) in [4.78, 5) is 8.58. The van der Waals surface area contributed by atoms with Gasteiger partial charge in [0, 0.05) is 46.7 Å². The van der Waals surface area contributed by atoms with E-state index in [0.29, 0.717) is 19.6 Å². The summed E-state index contributed by atoms with van der Waals surface area (Å²) in [6, 6.07) is 27.2. The maximum Gasteiger partial charge on any atom is 0.231 e. The van der Waals surface area contributed by atoms with Gasteiger partial charge in [-0.1, -0.05) is 66.5 Å². The molecule has 54 heavy (non-hydrogen) atoms. The molecule has 9 heteroatoms. The van der Waals surface area contributed by atoms with Crippen molar-refractivity contribution in [1.82, 2.24) is 0 Å². The molecule has 290 valence electrons. The Bertz CT molecular complexity index is 1710. The van der Waals surface area contributed by atoms with E-state index in [4.69, 9.17) is 24.2 Å². The number of fused-ring (bicyclic) bond motifs is 2. The maximum atomic E-state index is 9.90. The second-order valence-electron chi connectivity index (χ2n) is 15.4. The SMILES string of the molecule is C=CCO[C@@]12Oc3ccc(OCCSc4ccccc4)cc3[C@H]3[C@H](CCCCO)[C@@H](CCCCO)C=C(C(=NOC(C)(C)C)C[C@@H]1Sc1ccccc1)[C@H]32. The van der Waals surface area contributed by atoms with Gasteiger partial charge in [-0.25, -0.2) is 0 Å². The fourth-order valence-electron chi connectivity index (χ4n) is 8.21. The summed E-state index contributed by atoms with van der Waals surface area (Å²) >= 11 is 3.56. The second-order valence-corrected chi connectivity index (χ2v) is 17.8. The first-order valence-electron chi connectivity index (χ1n) is 19.6. The van der Waals surface area contributed by atoms with Gasteiger partial charge in [0.1, 0.15) is 17.1 Å². The van der Waals surface area contributed by atoms with Crippen LogP contribution < -0.4 is 9.47 Å². The zero-order valence-corrected chi connectivity index (χ0v) is 33.7. The quantitative estimate of drug-likeness (QED) is 0.0539. The van der Waals surface area contributed by atoms with Crippen LogP contribution in [-0.4, -0.2) is 64.7 Å². The predicted octanol–water partition coefficient (Wildman–Crippen LogP) is 10.1. The summed E-state index contributed by atoms with van der Waals surface area (Å²) in [7, 11) is 0. The highest BCUT2D eigenvalue weighted by molar-refractivity contribution is 8.00. The number of allylic oxidation sites excluding steroid dienone is 1. The Hall–Kier alpha value is -3.21. The summed E-state index contributed by atoms with van der Waals surface area (Å²) in [5.74, 6) is 1.71. The van der Waals surface area contributed by atoms with Crippen molar-refractivity contribution < 1.29 is 29.3 Å². The molecular weight excluding hydrogens is 715 g/mol. The van der Waals surface area contributed by atoms with Crippen LogP contribution in [-0.2, 0) is 9.57 Å². The molecule has 0 saturated heterocycles. The van der Waals surface area contributed by atoms with Crippen LogP contribution in [0, 0.1) is 17.8 Å². The van der Waals surface area contributed by atoms with Gasteiger partial charge >= 0.3 is 0 Å². The molecule has 2 N–H and O–H groups in total. The molecular formula is C45H57NO6S2. The van der Waals surface area contributed by atoms with Crippen molar-refractivity contribution in [3.05, 3.63) is 109 Å². The number of unbranched alkanes of at least 4 members (excludes halogenated alkanes) is 2. The predicted molar refractivity (Wildman–Crippen MR) is 221 cm³/mol. The van der Waals surface area contributed by atoms with Crippen LogP contribution in [0.5, 0.6) is 11.5 Å². The number of oxime groups is 1. The lowest BCUT2D eigenvalue weighted by atomic mass is 9.56. The monoisotopic (exact) mass is 771 g/mol. The van der Waals surface area contributed by atoms with E-state index in [2.05, 4.69) is 73.3 Å². The number of ether oxygens (including phenoxy) is 3. The Morgan fingerprint density at radius 2 is 1.63 bits per heavy atom.